The summed E-state index contributed by atoms with van der Waals surface area (Å²) in [6, 6.07) is 28.9. The van der Waals surface area contributed by atoms with Gasteiger partial charge >= 0.3 is 0 Å². The van der Waals surface area contributed by atoms with Crippen molar-refractivity contribution < 1.29 is 32.7 Å². The van der Waals surface area contributed by atoms with Crippen molar-refractivity contribution in [1.82, 2.24) is 39.8 Å². The number of nitrogens with zero attached hydrogens (tertiary/aromatic N) is 9. The predicted molar refractivity (Wildman–Crippen MR) is 290 cm³/mol. The number of ether oxygens (including phenoxy) is 1. The van der Waals surface area contributed by atoms with E-state index in [1.165, 1.54) is 11.3 Å². The first-order chi connectivity index (χ1) is 36.6. The molecule has 11 rings (SSSR count). The molecule has 2 N–H and O–H groups in total. The summed E-state index contributed by atoms with van der Waals surface area (Å²) in [6.45, 7) is 9.27. The number of nitrogens with one attached hydrogen (secondary N) is 2. The van der Waals surface area contributed by atoms with Crippen molar-refractivity contribution in [2.75, 3.05) is 80.6 Å². The summed E-state index contributed by atoms with van der Waals surface area (Å²) in [6.07, 6.45) is 3.27. The van der Waals surface area contributed by atoms with Gasteiger partial charge in [0.2, 0.25) is 17.7 Å². The van der Waals surface area contributed by atoms with Crippen molar-refractivity contribution >= 4 is 72.7 Å². The van der Waals surface area contributed by atoms with Crippen molar-refractivity contribution in [2.45, 2.75) is 70.5 Å². The highest BCUT2D eigenvalue weighted by atomic mass is 32.1. The maximum Gasteiger partial charge on any atom is 0.293 e. The van der Waals surface area contributed by atoms with Gasteiger partial charge in [0.1, 0.15) is 11.6 Å². The molecule has 4 aliphatic rings. The number of aromatic nitrogens is 4. The molecule has 19 heteroatoms. The van der Waals surface area contributed by atoms with Crippen molar-refractivity contribution in [2.24, 2.45) is 7.05 Å². The SMILES string of the molecule is Cc1c(OCC(F)(F)CN2CC(C)N(CC(=O)N3CCN(c4ccc5c(C6CCC(=O)NC6=O)nn(C)c5c4)CC3)C(C)C2)cccc1-c1ccc(N2CCc3cccc(C(=O)Nc4nc5ccccc5s4)c3C2)nc1. The molecule has 4 aliphatic heterocycles. The maximum absolute atomic E-state index is 15.8. The number of para-hydroxylation sites is 1. The third-order valence-electron chi connectivity index (χ3n) is 15.5. The molecule has 0 aliphatic carbocycles. The summed E-state index contributed by atoms with van der Waals surface area (Å²) >= 11 is 1.45. The van der Waals surface area contributed by atoms with Crippen LogP contribution in [0.1, 0.15) is 65.3 Å². The van der Waals surface area contributed by atoms with Crippen molar-refractivity contribution in [3.63, 3.8) is 0 Å². The van der Waals surface area contributed by atoms with Crippen molar-refractivity contribution in [1.29, 1.82) is 0 Å². The van der Waals surface area contributed by atoms with E-state index in [1.807, 2.05) is 106 Å². The van der Waals surface area contributed by atoms with E-state index in [-0.39, 0.29) is 48.7 Å². The molecular weight excluding hydrogens is 989 g/mol. The number of piperidine rings is 1. The minimum absolute atomic E-state index is 0.0257. The first kappa shape index (κ1) is 50.8. The first-order valence-corrected chi connectivity index (χ1v) is 26.9. The van der Waals surface area contributed by atoms with Crippen LogP contribution in [-0.4, -0.2) is 142 Å². The van der Waals surface area contributed by atoms with Gasteiger partial charge in [0.05, 0.1) is 40.4 Å². The molecule has 3 unspecified atom stereocenters. The monoisotopic (exact) mass is 1050 g/mol. The van der Waals surface area contributed by atoms with Gasteiger partial charge in [-0.1, -0.05) is 47.7 Å². The third-order valence-corrected chi connectivity index (χ3v) is 16.5. The quantitative estimate of drug-likeness (QED) is 0.109. The number of carbonyl (C=O) groups is 4. The van der Waals surface area contributed by atoms with E-state index in [2.05, 4.69) is 47.5 Å². The molecule has 76 heavy (non-hydrogen) atoms. The number of piperazine rings is 2. The van der Waals surface area contributed by atoms with Crippen molar-refractivity contribution in [3.05, 3.63) is 125 Å². The fourth-order valence-electron chi connectivity index (χ4n) is 11.5. The number of amides is 4. The molecule has 0 saturated carbocycles. The number of hydrogen-bond acceptors (Lipinski definition) is 13. The van der Waals surface area contributed by atoms with E-state index >= 15 is 8.78 Å². The number of aryl methyl sites for hydroxylation is 1. The fourth-order valence-corrected chi connectivity index (χ4v) is 12.4. The summed E-state index contributed by atoms with van der Waals surface area (Å²) in [5, 5.41) is 11.6. The lowest BCUT2D eigenvalue weighted by Crippen LogP contribution is -2.61. The third kappa shape index (κ3) is 10.5. The lowest BCUT2D eigenvalue weighted by Gasteiger charge is -2.45. The van der Waals surface area contributed by atoms with Crippen LogP contribution in [0.5, 0.6) is 5.75 Å². The van der Waals surface area contributed by atoms with E-state index in [0.29, 0.717) is 74.4 Å². The Bertz CT molecular complexity index is 3310. The zero-order valence-corrected chi connectivity index (χ0v) is 43.9. The Hall–Kier alpha value is -7.35. The highest BCUT2D eigenvalue weighted by Crippen LogP contribution is 2.36. The van der Waals surface area contributed by atoms with Gasteiger partial charge in [0.15, 0.2) is 11.7 Å². The van der Waals surface area contributed by atoms with Gasteiger partial charge in [0.25, 0.3) is 11.8 Å². The second kappa shape index (κ2) is 21.0. The van der Waals surface area contributed by atoms with Crippen molar-refractivity contribution in [3.8, 4) is 16.9 Å². The molecule has 7 heterocycles. The Kier molecular flexibility index (Phi) is 14.0. The van der Waals surface area contributed by atoms with Crippen LogP contribution in [0.3, 0.4) is 0 Å². The topological polar surface area (TPSA) is 161 Å². The van der Waals surface area contributed by atoms with Gasteiger partial charge in [0, 0.05) is 106 Å². The molecule has 3 aromatic heterocycles. The molecule has 0 spiro atoms. The lowest BCUT2D eigenvalue weighted by molar-refractivity contribution is -0.136. The molecule has 4 aromatic carbocycles. The number of halogens is 2. The standard InChI is InChI=1S/C57H61F2N11O5S/c1-35-29-66(30-36(2)70(35)32-52(72)68-25-23-67(24-26-68)40-16-17-43-47(27-40)65(4)64-53(43)44-18-20-51(71)62-55(44)74)33-57(58,59)34-75-48-13-8-10-41(37(48)3)39-15-19-50(60-28-39)69-22-21-38-9-7-11-42(45(38)31-69)54(73)63-56-61-46-12-5-6-14-49(46)76-56/h5-17,19,27-28,35-36,44H,18,20-26,29-34H2,1-4H3,(H,61,63,73)(H,62,71,74). The van der Waals surface area contributed by atoms with Crippen LogP contribution in [0.2, 0.25) is 0 Å². The summed E-state index contributed by atoms with van der Waals surface area (Å²) in [5.41, 5.74) is 8.51. The summed E-state index contributed by atoms with van der Waals surface area (Å²) < 4.78 is 40.3. The largest absolute Gasteiger partial charge is 0.487 e. The minimum atomic E-state index is -3.14. The fraction of sp³-hybridized carbons (Fsp3) is 0.386. The molecule has 3 saturated heterocycles. The summed E-state index contributed by atoms with van der Waals surface area (Å²) in [5.74, 6) is -3.20. The van der Waals surface area contributed by atoms with Gasteiger partial charge in [-0.25, -0.2) is 18.7 Å². The molecule has 16 nitrogen and oxygen atoms in total. The Morgan fingerprint density at radius 3 is 2.45 bits per heavy atom. The highest BCUT2D eigenvalue weighted by Gasteiger charge is 2.39. The number of carbonyl (C=O) groups excluding carboxylic acids is 4. The minimum Gasteiger partial charge on any atom is -0.487 e. The second-order valence-electron chi connectivity index (χ2n) is 20.7. The lowest BCUT2D eigenvalue weighted by atomic mass is 9.93. The van der Waals surface area contributed by atoms with Crippen LogP contribution >= 0.6 is 11.3 Å². The highest BCUT2D eigenvalue weighted by molar-refractivity contribution is 7.22. The molecule has 0 bridgehead atoms. The van der Waals surface area contributed by atoms with E-state index in [1.54, 1.807) is 21.8 Å². The van der Waals surface area contributed by atoms with E-state index in [9.17, 15) is 19.2 Å². The van der Waals surface area contributed by atoms with Gasteiger partial charge in [-0.2, -0.15) is 5.10 Å². The van der Waals surface area contributed by atoms with E-state index in [4.69, 9.17) is 9.72 Å². The zero-order chi connectivity index (χ0) is 52.8. The number of anilines is 3. The second-order valence-corrected chi connectivity index (χ2v) is 21.7. The van der Waals surface area contributed by atoms with Gasteiger partial charge in [-0.05, 0) is 110 Å². The number of rotatable bonds is 13. The number of hydrogen-bond donors (Lipinski definition) is 2. The number of pyridine rings is 1. The smallest absolute Gasteiger partial charge is 0.293 e. The molecule has 394 valence electrons. The van der Waals surface area contributed by atoms with Gasteiger partial charge in [-0.3, -0.25) is 44.3 Å². The van der Waals surface area contributed by atoms with Crippen LogP contribution < -0.4 is 25.2 Å². The van der Waals surface area contributed by atoms with Crippen LogP contribution in [0.15, 0.2) is 97.2 Å². The Labute approximate surface area is 443 Å². The van der Waals surface area contributed by atoms with E-state index in [0.717, 1.165) is 73.4 Å². The summed E-state index contributed by atoms with van der Waals surface area (Å²) in [7, 11) is 1.85. The molecule has 7 aromatic rings. The van der Waals surface area contributed by atoms with Crippen LogP contribution in [0.25, 0.3) is 32.2 Å². The number of alkyl halides is 2. The number of thiazole rings is 1. The molecule has 3 fully saturated rings. The molecule has 3 atom stereocenters. The van der Waals surface area contributed by atoms with E-state index < -0.39 is 25.0 Å². The molecule has 4 amide bonds. The average molecular weight is 1050 g/mol. The molecule has 0 radical (unpaired) electrons. The maximum atomic E-state index is 15.8. The Morgan fingerprint density at radius 1 is 0.895 bits per heavy atom. The first-order valence-electron chi connectivity index (χ1n) is 26.0. The predicted octanol–water partition coefficient (Wildman–Crippen LogP) is 7.65. The normalized spacial score (nSPS) is 19.8. The number of fused-ring (bicyclic) bond motifs is 3. The van der Waals surface area contributed by atoms with Crippen LogP contribution in [0, 0.1) is 6.92 Å². The van der Waals surface area contributed by atoms with Crippen LogP contribution in [-0.2, 0) is 34.4 Å². The zero-order valence-electron chi connectivity index (χ0n) is 43.1. The number of imide groups is 1. The molecular formula is C57H61F2N11O5S. The van der Waals surface area contributed by atoms with Gasteiger partial charge in [-0.15, -0.1) is 0 Å². The summed E-state index contributed by atoms with van der Waals surface area (Å²) in [4.78, 5) is 71.3. The number of benzene rings is 4. The van der Waals surface area contributed by atoms with Gasteiger partial charge < -0.3 is 19.4 Å². The van der Waals surface area contributed by atoms with Crippen LogP contribution in [0.4, 0.5) is 25.4 Å². The Balaban J connectivity index is 0.653. The average Bonchev–Trinajstić information content (AvgIpc) is 3.99. The Morgan fingerprint density at radius 2 is 1.68 bits per heavy atom.